The number of H-pyrrole nitrogens is 1. The molecule has 2 fully saturated rings. The first-order chi connectivity index (χ1) is 19.0. The highest BCUT2D eigenvalue weighted by Crippen LogP contribution is 2.45. The van der Waals surface area contributed by atoms with Gasteiger partial charge in [0.1, 0.15) is 18.2 Å². The fourth-order valence-electron chi connectivity index (χ4n) is 5.97. The maximum Gasteiger partial charge on any atom is 0.409 e. The highest BCUT2D eigenvalue weighted by Gasteiger charge is 2.46. The van der Waals surface area contributed by atoms with E-state index in [1.54, 1.807) is 0 Å². The molecule has 12 nitrogen and oxygen atoms in total. The van der Waals surface area contributed by atoms with Gasteiger partial charge in [0, 0.05) is 35.3 Å². The van der Waals surface area contributed by atoms with E-state index in [4.69, 9.17) is 16.5 Å². The summed E-state index contributed by atoms with van der Waals surface area (Å²) in [4.78, 5) is 39.2. The molecule has 2 aliphatic rings. The summed E-state index contributed by atoms with van der Waals surface area (Å²) >= 11 is 0. The minimum atomic E-state index is -4.62. The van der Waals surface area contributed by atoms with E-state index in [2.05, 4.69) is 25.3 Å². The number of aromatic nitrogens is 7. The molecule has 2 saturated heterocycles. The number of carbonyl (C=O) groups is 2. The van der Waals surface area contributed by atoms with E-state index in [0.717, 1.165) is 12.8 Å². The number of hydrogen-bond donors (Lipinski definition) is 3. The quantitative estimate of drug-likeness (QED) is 0.313. The number of amides is 1. The van der Waals surface area contributed by atoms with Crippen molar-refractivity contribution in [1.29, 1.82) is 0 Å². The molecule has 6 heterocycles. The number of nitrogens with one attached hydrogen (secondary N) is 1. The van der Waals surface area contributed by atoms with Crippen LogP contribution in [0.1, 0.15) is 76.9 Å². The van der Waals surface area contributed by atoms with Gasteiger partial charge in [0.15, 0.2) is 11.4 Å². The monoisotopic (exact) mass is 554 g/mol. The molecule has 0 spiro atoms. The zero-order valence-corrected chi connectivity index (χ0v) is 21.3. The van der Waals surface area contributed by atoms with E-state index in [1.165, 1.54) is 42.3 Å². The van der Waals surface area contributed by atoms with E-state index >= 15 is 0 Å². The Morgan fingerprint density at radius 3 is 2.45 bits per heavy atom. The van der Waals surface area contributed by atoms with Gasteiger partial charge >= 0.3 is 6.18 Å². The van der Waals surface area contributed by atoms with Crippen molar-refractivity contribution in [3.63, 3.8) is 0 Å². The average Bonchev–Trinajstić information content (AvgIpc) is 3.65. The smallest absolute Gasteiger partial charge is 0.383 e. The average molecular weight is 555 g/mol. The fourth-order valence-corrected chi connectivity index (χ4v) is 5.97. The Morgan fingerprint density at radius 2 is 1.88 bits per heavy atom. The number of ketones is 1. The third-order valence-electron chi connectivity index (χ3n) is 7.80. The minimum Gasteiger partial charge on any atom is -0.383 e. The van der Waals surface area contributed by atoms with Gasteiger partial charge in [-0.3, -0.25) is 14.6 Å². The second kappa shape index (κ2) is 9.36. The molecule has 0 saturated carbocycles. The maximum atomic E-state index is 13.1. The van der Waals surface area contributed by atoms with Crippen LogP contribution < -0.4 is 11.5 Å². The second-order valence-corrected chi connectivity index (χ2v) is 10.2. The second-order valence-electron chi connectivity index (χ2n) is 10.2. The van der Waals surface area contributed by atoms with Crippen LogP contribution in [0.15, 0.2) is 30.9 Å². The minimum absolute atomic E-state index is 0.0700. The summed E-state index contributed by atoms with van der Waals surface area (Å²) in [6, 6.07) is 0.333. The number of fused-ring (bicyclic) bond motifs is 3. The van der Waals surface area contributed by atoms with Crippen LogP contribution in [0, 0.1) is 0 Å². The van der Waals surface area contributed by atoms with Crippen LogP contribution in [-0.2, 0) is 0 Å². The topological polar surface area (TPSA) is 174 Å². The van der Waals surface area contributed by atoms with Crippen LogP contribution in [0.3, 0.4) is 0 Å². The predicted molar refractivity (Wildman–Crippen MR) is 135 cm³/mol. The number of aromatic amines is 1. The van der Waals surface area contributed by atoms with Crippen molar-refractivity contribution in [3.8, 4) is 11.1 Å². The van der Waals surface area contributed by atoms with Crippen molar-refractivity contribution in [2.24, 2.45) is 5.73 Å². The Morgan fingerprint density at radius 1 is 1.15 bits per heavy atom. The molecule has 0 radical (unpaired) electrons. The number of halogens is 3. The van der Waals surface area contributed by atoms with Crippen molar-refractivity contribution >= 4 is 23.2 Å². The van der Waals surface area contributed by atoms with Crippen LogP contribution >= 0.6 is 0 Å². The lowest BCUT2D eigenvalue weighted by Gasteiger charge is -2.38. The van der Waals surface area contributed by atoms with E-state index in [0.29, 0.717) is 35.3 Å². The number of pyridine rings is 1. The number of Topliss-reactive ketones (excluding diaryl/α,β-unsaturated/α-hetero) is 1. The molecular weight excluding hydrogens is 529 g/mol. The third-order valence-corrected chi connectivity index (χ3v) is 7.80. The lowest BCUT2D eigenvalue weighted by Crippen LogP contribution is -2.46. The Hall–Kier alpha value is -4.40. The Kier molecular flexibility index (Phi) is 6.05. The van der Waals surface area contributed by atoms with E-state index in [9.17, 15) is 22.8 Å². The summed E-state index contributed by atoms with van der Waals surface area (Å²) in [7, 11) is 0. The lowest BCUT2D eigenvalue weighted by atomic mass is 9.85. The largest absolute Gasteiger partial charge is 0.409 e. The molecule has 208 valence electrons. The van der Waals surface area contributed by atoms with Gasteiger partial charge in [0.05, 0.1) is 23.1 Å². The Labute approximate surface area is 225 Å². The van der Waals surface area contributed by atoms with Gasteiger partial charge in [0.25, 0.3) is 5.91 Å². The van der Waals surface area contributed by atoms with Crippen LogP contribution in [0.4, 0.5) is 19.0 Å². The highest BCUT2D eigenvalue weighted by molar-refractivity contribution is 6.00. The molecule has 0 aromatic carbocycles. The molecule has 4 aromatic rings. The summed E-state index contributed by atoms with van der Waals surface area (Å²) in [5.41, 5.74) is 13.5. The van der Waals surface area contributed by atoms with Gasteiger partial charge in [-0.05, 0) is 38.7 Å². The van der Waals surface area contributed by atoms with Crippen molar-refractivity contribution in [3.05, 3.63) is 53.6 Å². The van der Waals surface area contributed by atoms with Gasteiger partial charge in [-0.15, -0.1) is 10.2 Å². The molecule has 4 aromatic heterocycles. The highest BCUT2D eigenvalue weighted by atomic mass is 19.4. The summed E-state index contributed by atoms with van der Waals surface area (Å²) in [5.74, 6) is -0.329. The summed E-state index contributed by atoms with van der Waals surface area (Å²) in [5, 5.41) is 11.9. The molecule has 3 unspecified atom stereocenters. The first-order valence-corrected chi connectivity index (χ1v) is 12.7. The van der Waals surface area contributed by atoms with Gasteiger partial charge in [-0.25, -0.2) is 4.98 Å². The Bertz CT molecular complexity index is 1590. The lowest BCUT2D eigenvalue weighted by molar-refractivity contribution is -0.150. The molecule has 2 aliphatic heterocycles. The maximum absolute atomic E-state index is 13.1. The fraction of sp³-hybridized carbons (Fsp3) is 0.400. The number of nitrogens with zero attached hydrogens (tertiary/aromatic N) is 7. The normalized spacial score (nSPS) is 21.6. The molecule has 4 atom stereocenters. The zero-order chi connectivity index (χ0) is 28.3. The molecule has 2 bridgehead atoms. The molecule has 40 heavy (non-hydrogen) atoms. The van der Waals surface area contributed by atoms with Crippen LogP contribution in [-0.4, -0.2) is 69.6 Å². The van der Waals surface area contributed by atoms with Crippen molar-refractivity contribution in [1.82, 2.24) is 39.7 Å². The van der Waals surface area contributed by atoms with Gasteiger partial charge < -0.3 is 21.4 Å². The summed E-state index contributed by atoms with van der Waals surface area (Å²) < 4.78 is 40.4. The van der Waals surface area contributed by atoms with E-state index in [1.807, 2.05) is 4.90 Å². The molecule has 15 heteroatoms. The van der Waals surface area contributed by atoms with Gasteiger partial charge in [-0.2, -0.15) is 22.8 Å². The third kappa shape index (κ3) is 4.16. The molecule has 5 N–H and O–H groups in total. The number of piperidine rings is 1. The number of rotatable bonds is 5. The summed E-state index contributed by atoms with van der Waals surface area (Å²) in [6.45, 7) is 1.41. The van der Waals surface area contributed by atoms with Crippen LogP contribution in [0.5, 0.6) is 0 Å². The zero-order valence-electron chi connectivity index (χ0n) is 21.3. The first kappa shape index (κ1) is 25.9. The standard InChI is InChI=1S/C25H25F3N10O2/c1-11(39)18-19(13-6-14-3-4-15(7-13)37(14)24(40)22-32-10-33-36-22)35-23-16(9-34-38(23)21(18)30)12-2-5-17(31-8-12)20(29)25(26,27)28/h2,5,8-10,13-15,20H,3-4,6-7,29-30H2,1H3,(H,32,33,36)/t13?,14-,15?,20?/m0/s1. The van der Waals surface area contributed by atoms with Crippen LogP contribution in [0.25, 0.3) is 16.8 Å². The first-order valence-electron chi connectivity index (χ1n) is 12.7. The molecule has 0 aliphatic carbocycles. The molecular formula is C25H25F3N10O2. The number of nitrogens with two attached hydrogens (primary N) is 2. The van der Waals surface area contributed by atoms with Crippen LogP contribution in [0.2, 0.25) is 0 Å². The number of hydrogen-bond acceptors (Lipinski definition) is 9. The molecule has 6 rings (SSSR count). The van der Waals surface area contributed by atoms with Gasteiger partial charge in [0.2, 0.25) is 5.82 Å². The number of anilines is 1. The Balaban J connectivity index is 1.37. The van der Waals surface area contributed by atoms with Gasteiger partial charge in [-0.1, -0.05) is 6.07 Å². The van der Waals surface area contributed by atoms with Crippen molar-refractivity contribution < 1.29 is 22.8 Å². The SMILES string of the molecule is CC(=O)c1c(C2CC3CC[C@@H](C2)N3C(=O)c2nnc[nH]2)nc2c(-c3ccc(C(N)C(F)(F)F)nc3)cnn2c1N. The molecule has 1 amide bonds. The summed E-state index contributed by atoms with van der Waals surface area (Å²) in [6.07, 6.45) is 2.27. The number of carbonyl (C=O) groups excluding carboxylic acids is 2. The van der Waals surface area contributed by atoms with E-state index in [-0.39, 0.29) is 52.6 Å². The van der Waals surface area contributed by atoms with Crippen molar-refractivity contribution in [2.75, 3.05) is 5.73 Å². The van der Waals surface area contributed by atoms with Crippen molar-refractivity contribution in [2.45, 2.75) is 62.8 Å². The number of nitrogen functional groups attached to an aromatic ring is 1. The van der Waals surface area contributed by atoms with E-state index < -0.39 is 12.2 Å². The number of alkyl halides is 3. The predicted octanol–water partition coefficient (Wildman–Crippen LogP) is 2.81.